The van der Waals surface area contributed by atoms with E-state index in [1.165, 1.54) is 199 Å². The minimum atomic E-state index is -4.96. The summed E-state index contributed by atoms with van der Waals surface area (Å²) in [5.74, 6) is 1.07. The normalized spacial score (nSPS) is 14.9. The molecule has 0 spiro atoms. The predicted molar refractivity (Wildman–Crippen MR) is 395 cm³/mol. The molecular formula is C78H152O17P2. The number of ether oxygens (including phenoxy) is 4. The van der Waals surface area contributed by atoms with Gasteiger partial charge in [0.05, 0.1) is 26.4 Å². The molecular weight excluding hydrogens is 1270 g/mol. The molecule has 0 aromatic rings. The second-order valence-corrected chi connectivity index (χ2v) is 32.2. The van der Waals surface area contributed by atoms with Crippen LogP contribution in [0.5, 0.6) is 0 Å². The van der Waals surface area contributed by atoms with E-state index in [1.807, 2.05) is 0 Å². The second-order valence-electron chi connectivity index (χ2n) is 29.3. The maximum Gasteiger partial charge on any atom is 0.472 e. The van der Waals surface area contributed by atoms with Gasteiger partial charge in [0.25, 0.3) is 0 Å². The predicted octanol–water partition coefficient (Wildman–Crippen LogP) is 22.8. The summed E-state index contributed by atoms with van der Waals surface area (Å²) in [7, 11) is -9.92. The SMILES string of the molecule is CCC(C)CCCCCCCCCCCCCCCCC(=O)O[C@H](COC(=O)CCCCCCCCCCCCC(C)CC)COP(=O)(O)OCC(O)COP(=O)(O)OC[C@@H](COC(=O)CCCCCCCCCCC(C)C)OC(=O)CCCCCCCCCCCCC(C)CC. The highest BCUT2D eigenvalue weighted by atomic mass is 31.2. The summed E-state index contributed by atoms with van der Waals surface area (Å²) in [6.45, 7) is 14.3. The van der Waals surface area contributed by atoms with Crippen LogP contribution < -0.4 is 0 Å². The number of esters is 4. The van der Waals surface area contributed by atoms with Gasteiger partial charge in [0, 0.05) is 25.7 Å². The van der Waals surface area contributed by atoms with E-state index in [9.17, 15) is 43.2 Å². The summed E-state index contributed by atoms with van der Waals surface area (Å²) < 4.78 is 68.6. The number of hydrogen-bond donors (Lipinski definition) is 3. The minimum Gasteiger partial charge on any atom is -0.462 e. The zero-order valence-corrected chi connectivity index (χ0v) is 65.5. The van der Waals surface area contributed by atoms with Crippen molar-refractivity contribution in [1.82, 2.24) is 0 Å². The molecule has 576 valence electrons. The molecule has 19 heteroatoms. The first-order valence-electron chi connectivity index (χ1n) is 40.3. The van der Waals surface area contributed by atoms with Crippen molar-refractivity contribution in [1.29, 1.82) is 0 Å². The monoisotopic (exact) mass is 1420 g/mol. The van der Waals surface area contributed by atoms with Crippen molar-refractivity contribution in [3.63, 3.8) is 0 Å². The van der Waals surface area contributed by atoms with Crippen LogP contribution >= 0.6 is 15.6 Å². The van der Waals surface area contributed by atoms with Crippen molar-refractivity contribution >= 4 is 39.5 Å². The largest absolute Gasteiger partial charge is 0.472 e. The molecule has 0 radical (unpaired) electrons. The number of carbonyl (C=O) groups excluding carboxylic acids is 4. The van der Waals surface area contributed by atoms with Crippen molar-refractivity contribution in [3.8, 4) is 0 Å². The topological polar surface area (TPSA) is 237 Å². The minimum absolute atomic E-state index is 0.105. The lowest BCUT2D eigenvalue weighted by Gasteiger charge is -2.21. The Hall–Kier alpha value is -1.94. The van der Waals surface area contributed by atoms with Gasteiger partial charge in [-0.1, -0.05) is 344 Å². The first kappa shape index (κ1) is 95.1. The molecule has 0 aliphatic rings. The van der Waals surface area contributed by atoms with Crippen molar-refractivity contribution in [2.75, 3.05) is 39.6 Å². The third-order valence-electron chi connectivity index (χ3n) is 19.2. The number of carbonyl (C=O) groups is 4. The number of aliphatic hydroxyl groups is 1. The summed E-state index contributed by atoms with van der Waals surface area (Å²) in [4.78, 5) is 72.9. The number of phosphoric acid groups is 2. The van der Waals surface area contributed by atoms with E-state index in [4.69, 9.17) is 37.0 Å². The Morgan fingerprint density at radius 1 is 0.289 bits per heavy atom. The van der Waals surface area contributed by atoms with Gasteiger partial charge in [-0.15, -0.1) is 0 Å². The molecule has 0 amide bonds. The molecule has 97 heavy (non-hydrogen) atoms. The second kappa shape index (κ2) is 67.2. The molecule has 17 nitrogen and oxygen atoms in total. The fourth-order valence-corrected chi connectivity index (χ4v) is 13.4. The van der Waals surface area contributed by atoms with Crippen LogP contribution in [0.2, 0.25) is 0 Å². The maximum absolute atomic E-state index is 13.1. The molecule has 0 aliphatic heterocycles. The summed E-state index contributed by atoms with van der Waals surface area (Å²) in [5.41, 5.74) is 0. The summed E-state index contributed by atoms with van der Waals surface area (Å²) in [6, 6.07) is 0. The van der Waals surface area contributed by atoms with Crippen molar-refractivity contribution in [2.45, 2.75) is 414 Å². The van der Waals surface area contributed by atoms with Gasteiger partial charge in [0.15, 0.2) is 12.2 Å². The standard InChI is InChI=1S/C78H152O17P2/c1-9-69(6)55-47-39-31-22-16-14-12-13-15-17-26-36-44-52-60-77(82)94-73(64-88-75(80)58-50-42-34-25-20-18-23-32-40-48-56-70(7)10-2)66-92-96(84,85)90-62-72(79)63-91-97(86,87)93-67-74(65-89-76(81)59-51-43-35-29-28-30-38-46-54-68(4)5)95-78(83)61-53-45-37-27-21-19-24-33-41-49-57-71(8)11-3/h68-74,79H,9-67H2,1-8H3,(H,84,85)(H,86,87)/t69?,70?,71?,72?,73-,74-/m1/s1. The van der Waals surface area contributed by atoms with E-state index in [0.717, 1.165) is 114 Å². The Morgan fingerprint density at radius 2 is 0.495 bits per heavy atom. The smallest absolute Gasteiger partial charge is 0.462 e. The van der Waals surface area contributed by atoms with Gasteiger partial charge in [-0.25, -0.2) is 9.13 Å². The Kier molecular flexibility index (Phi) is 65.9. The van der Waals surface area contributed by atoms with Crippen molar-refractivity contribution in [3.05, 3.63) is 0 Å². The summed E-state index contributed by atoms with van der Waals surface area (Å²) in [5, 5.41) is 10.6. The molecule has 0 rings (SSSR count). The fourth-order valence-electron chi connectivity index (χ4n) is 11.8. The quantitative estimate of drug-likeness (QED) is 0.0222. The zero-order chi connectivity index (χ0) is 71.7. The summed E-state index contributed by atoms with van der Waals surface area (Å²) >= 11 is 0. The van der Waals surface area contributed by atoms with Gasteiger partial charge < -0.3 is 33.8 Å². The van der Waals surface area contributed by atoms with E-state index in [2.05, 4.69) is 55.4 Å². The lowest BCUT2D eigenvalue weighted by atomic mass is 9.99. The van der Waals surface area contributed by atoms with E-state index >= 15 is 0 Å². The lowest BCUT2D eigenvalue weighted by Crippen LogP contribution is -2.30. The molecule has 3 N–H and O–H groups in total. The molecule has 6 unspecified atom stereocenters. The average molecular weight is 1420 g/mol. The van der Waals surface area contributed by atoms with Crippen LogP contribution in [0.1, 0.15) is 396 Å². The lowest BCUT2D eigenvalue weighted by molar-refractivity contribution is -0.161. The van der Waals surface area contributed by atoms with Gasteiger partial charge in [-0.3, -0.25) is 37.3 Å². The van der Waals surface area contributed by atoms with Crippen LogP contribution in [-0.2, 0) is 65.4 Å². The van der Waals surface area contributed by atoms with Crippen LogP contribution in [0, 0.1) is 23.7 Å². The Morgan fingerprint density at radius 3 is 0.732 bits per heavy atom. The highest BCUT2D eigenvalue weighted by molar-refractivity contribution is 7.47. The van der Waals surface area contributed by atoms with Gasteiger partial charge >= 0.3 is 39.5 Å². The Bertz CT molecular complexity index is 1910. The van der Waals surface area contributed by atoms with E-state index in [1.54, 1.807) is 0 Å². The van der Waals surface area contributed by atoms with Gasteiger partial charge in [0.2, 0.25) is 0 Å². The number of aliphatic hydroxyl groups excluding tert-OH is 1. The summed E-state index contributed by atoms with van der Waals surface area (Å²) in [6.07, 6.45) is 52.5. The van der Waals surface area contributed by atoms with Crippen LogP contribution in [-0.4, -0.2) is 96.7 Å². The molecule has 0 aromatic heterocycles. The Balaban J connectivity index is 5.27. The first-order chi connectivity index (χ1) is 46.7. The van der Waals surface area contributed by atoms with E-state index < -0.39 is 97.5 Å². The van der Waals surface area contributed by atoms with Gasteiger partial charge in [-0.05, 0) is 49.4 Å². The Labute approximate surface area is 594 Å². The van der Waals surface area contributed by atoms with Crippen molar-refractivity contribution < 1.29 is 80.2 Å². The molecule has 0 fully saturated rings. The molecule has 0 aliphatic carbocycles. The highest BCUT2D eigenvalue weighted by Crippen LogP contribution is 2.45. The maximum atomic E-state index is 13.1. The third-order valence-corrected chi connectivity index (χ3v) is 21.1. The molecule has 0 aromatic carbocycles. The highest BCUT2D eigenvalue weighted by Gasteiger charge is 2.30. The zero-order valence-electron chi connectivity index (χ0n) is 63.7. The number of rotatable bonds is 75. The molecule has 8 atom stereocenters. The van der Waals surface area contributed by atoms with E-state index in [0.29, 0.717) is 25.7 Å². The fraction of sp³-hybridized carbons (Fsp3) is 0.949. The molecule has 0 heterocycles. The number of hydrogen-bond acceptors (Lipinski definition) is 15. The first-order valence-corrected chi connectivity index (χ1v) is 43.3. The van der Waals surface area contributed by atoms with Gasteiger partial charge in [0.1, 0.15) is 19.3 Å². The van der Waals surface area contributed by atoms with Gasteiger partial charge in [-0.2, -0.15) is 0 Å². The van der Waals surface area contributed by atoms with Crippen LogP contribution in [0.15, 0.2) is 0 Å². The third kappa shape index (κ3) is 68.3. The van der Waals surface area contributed by atoms with Crippen LogP contribution in [0.25, 0.3) is 0 Å². The molecule has 0 bridgehead atoms. The van der Waals surface area contributed by atoms with Crippen molar-refractivity contribution in [2.24, 2.45) is 23.7 Å². The van der Waals surface area contributed by atoms with Crippen LogP contribution in [0.4, 0.5) is 0 Å². The molecule has 0 saturated heterocycles. The van der Waals surface area contributed by atoms with Crippen LogP contribution in [0.3, 0.4) is 0 Å². The molecule has 0 saturated carbocycles. The van der Waals surface area contributed by atoms with E-state index in [-0.39, 0.29) is 25.7 Å². The average Bonchev–Trinajstić information content (AvgIpc) is 1.30. The number of unbranched alkanes of at least 4 members (excludes halogenated alkanes) is 38. The number of phosphoric ester groups is 2.